The summed E-state index contributed by atoms with van der Waals surface area (Å²) < 4.78 is 14.2. The van der Waals surface area contributed by atoms with Crippen molar-refractivity contribution in [2.45, 2.75) is 44.2 Å². The van der Waals surface area contributed by atoms with Crippen molar-refractivity contribution in [2.24, 2.45) is 0 Å². The highest BCUT2D eigenvalue weighted by Gasteiger charge is 2.35. The standard InChI is InChI=1S/C25H25FN4O2/c26-19-10-7-13-21(16-19)30(25(32)22-17-27-14-15-28-22)23(18-8-3-1-4-9-18)24(31)29-20-11-5-2-6-12-20/h1,3-4,7-10,13-17,20,23H,2,5-6,11-12H2,(H,29,31). The van der Waals surface area contributed by atoms with E-state index >= 15 is 0 Å². The summed E-state index contributed by atoms with van der Waals surface area (Å²) in [6.07, 6.45) is 9.33. The number of halogens is 1. The summed E-state index contributed by atoms with van der Waals surface area (Å²) in [6.45, 7) is 0. The van der Waals surface area contributed by atoms with E-state index < -0.39 is 17.8 Å². The number of carbonyl (C=O) groups is 2. The monoisotopic (exact) mass is 432 g/mol. The highest BCUT2D eigenvalue weighted by molar-refractivity contribution is 6.09. The van der Waals surface area contributed by atoms with Gasteiger partial charge in [-0.25, -0.2) is 9.37 Å². The van der Waals surface area contributed by atoms with Gasteiger partial charge in [0.05, 0.1) is 6.20 Å². The molecule has 1 aliphatic carbocycles. The molecule has 2 aromatic carbocycles. The van der Waals surface area contributed by atoms with Gasteiger partial charge in [-0.15, -0.1) is 0 Å². The lowest BCUT2D eigenvalue weighted by Crippen LogP contribution is -2.47. The minimum Gasteiger partial charge on any atom is -0.351 e. The molecule has 6 nitrogen and oxygen atoms in total. The van der Waals surface area contributed by atoms with Crippen LogP contribution in [0.3, 0.4) is 0 Å². The van der Waals surface area contributed by atoms with E-state index in [9.17, 15) is 14.0 Å². The number of anilines is 1. The van der Waals surface area contributed by atoms with Gasteiger partial charge in [0.1, 0.15) is 17.6 Å². The summed E-state index contributed by atoms with van der Waals surface area (Å²) in [4.78, 5) is 36.6. The number of hydrogen-bond donors (Lipinski definition) is 1. The van der Waals surface area contributed by atoms with E-state index in [2.05, 4.69) is 15.3 Å². The summed E-state index contributed by atoms with van der Waals surface area (Å²) in [5.41, 5.74) is 0.971. The molecular formula is C25H25FN4O2. The predicted octanol–water partition coefficient (Wildman–Crippen LogP) is 4.45. The van der Waals surface area contributed by atoms with Crippen molar-refractivity contribution in [1.29, 1.82) is 0 Å². The maximum atomic E-state index is 14.2. The minimum absolute atomic E-state index is 0.0587. The van der Waals surface area contributed by atoms with Gasteiger partial charge in [-0.1, -0.05) is 55.7 Å². The van der Waals surface area contributed by atoms with Gasteiger partial charge >= 0.3 is 0 Å². The second kappa shape index (κ2) is 10.1. The van der Waals surface area contributed by atoms with Crippen LogP contribution in [0.25, 0.3) is 0 Å². The third-order valence-corrected chi connectivity index (χ3v) is 5.66. The molecule has 0 aliphatic heterocycles. The van der Waals surface area contributed by atoms with Crippen LogP contribution >= 0.6 is 0 Å². The highest BCUT2D eigenvalue weighted by atomic mass is 19.1. The normalized spacial score (nSPS) is 15.0. The molecule has 32 heavy (non-hydrogen) atoms. The average molecular weight is 432 g/mol. The molecule has 1 aliphatic rings. The van der Waals surface area contributed by atoms with E-state index in [1.807, 2.05) is 18.2 Å². The van der Waals surface area contributed by atoms with Crippen LogP contribution in [-0.4, -0.2) is 27.8 Å². The summed E-state index contributed by atoms with van der Waals surface area (Å²) >= 11 is 0. The second-order valence-electron chi connectivity index (χ2n) is 7.90. The summed E-state index contributed by atoms with van der Waals surface area (Å²) in [6, 6.07) is 13.8. The molecule has 1 saturated carbocycles. The minimum atomic E-state index is -0.991. The summed E-state index contributed by atoms with van der Waals surface area (Å²) in [5.74, 6) is -1.33. The smallest absolute Gasteiger partial charge is 0.279 e. The van der Waals surface area contributed by atoms with Crippen molar-refractivity contribution in [3.8, 4) is 0 Å². The maximum absolute atomic E-state index is 14.2. The van der Waals surface area contributed by atoms with Crippen LogP contribution in [0.1, 0.15) is 54.2 Å². The number of amides is 2. The fourth-order valence-corrected chi connectivity index (χ4v) is 4.12. The van der Waals surface area contributed by atoms with Gasteiger partial charge in [-0.3, -0.25) is 19.5 Å². The lowest BCUT2D eigenvalue weighted by molar-refractivity contribution is -0.123. The Kier molecular flexibility index (Phi) is 6.84. The molecule has 1 unspecified atom stereocenters. The third-order valence-electron chi connectivity index (χ3n) is 5.66. The zero-order valence-corrected chi connectivity index (χ0v) is 17.7. The SMILES string of the molecule is O=C(NC1CCCCC1)C(c1ccccc1)N(C(=O)c1cnccn1)c1cccc(F)c1. The van der Waals surface area contributed by atoms with E-state index in [1.165, 1.54) is 41.7 Å². The van der Waals surface area contributed by atoms with Crippen molar-refractivity contribution >= 4 is 17.5 Å². The topological polar surface area (TPSA) is 75.2 Å². The largest absolute Gasteiger partial charge is 0.351 e. The molecule has 0 bridgehead atoms. The molecule has 1 heterocycles. The number of aromatic nitrogens is 2. The molecule has 0 radical (unpaired) electrons. The fraction of sp³-hybridized carbons (Fsp3) is 0.280. The van der Waals surface area contributed by atoms with E-state index in [4.69, 9.17) is 0 Å². The molecule has 1 aromatic heterocycles. The number of benzene rings is 2. The average Bonchev–Trinajstić information content (AvgIpc) is 2.83. The quantitative estimate of drug-likeness (QED) is 0.624. The van der Waals surface area contributed by atoms with Crippen molar-refractivity contribution in [2.75, 3.05) is 4.90 Å². The Bertz CT molecular complexity index is 1060. The number of nitrogens with zero attached hydrogens (tertiary/aromatic N) is 3. The zero-order chi connectivity index (χ0) is 22.3. The van der Waals surface area contributed by atoms with Crippen LogP contribution < -0.4 is 10.2 Å². The lowest BCUT2D eigenvalue weighted by atomic mass is 9.94. The van der Waals surface area contributed by atoms with Gasteiger partial charge in [0.2, 0.25) is 5.91 Å². The third kappa shape index (κ3) is 4.99. The molecule has 3 aromatic rings. The Hall–Kier alpha value is -3.61. The lowest BCUT2D eigenvalue weighted by Gasteiger charge is -2.33. The van der Waals surface area contributed by atoms with Crippen LogP contribution in [0.5, 0.6) is 0 Å². The molecule has 2 amide bonds. The Morgan fingerprint density at radius 1 is 1.00 bits per heavy atom. The number of carbonyl (C=O) groups excluding carboxylic acids is 2. The predicted molar refractivity (Wildman–Crippen MR) is 119 cm³/mol. The number of hydrogen-bond acceptors (Lipinski definition) is 4. The van der Waals surface area contributed by atoms with Crippen molar-refractivity contribution in [3.05, 3.63) is 90.3 Å². The molecule has 0 saturated heterocycles. The van der Waals surface area contributed by atoms with E-state index in [1.54, 1.807) is 18.2 Å². The van der Waals surface area contributed by atoms with Crippen LogP contribution in [0, 0.1) is 5.82 Å². The van der Waals surface area contributed by atoms with Crippen LogP contribution in [0.4, 0.5) is 10.1 Å². The molecule has 0 spiro atoms. The van der Waals surface area contributed by atoms with E-state index in [-0.39, 0.29) is 23.3 Å². The molecule has 4 rings (SSSR count). The zero-order valence-electron chi connectivity index (χ0n) is 17.7. The number of nitrogens with one attached hydrogen (secondary N) is 1. The second-order valence-corrected chi connectivity index (χ2v) is 7.90. The first-order chi connectivity index (χ1) is 15.6. The van der Waals surface area contributed by atoms with Crippen molar-refractivity contribution in [1.82, 2.24) is 15.3 Å². The summed E-state index contributed by atoms with van der Waals surface area (Å²) in [7, 11) is 0. The first-order valence-electron chi connectivity index (χ1n) is 10.8. The van der Waals surface area contributed by atoms with E-state index in [0.717, 1.165) is 32.1 Å². The van der Waals surface area contributed by atoms with Gasteiger partial charge in [-0.05, 0) is 36.6 Å². The number of rotatable bonds is 6. The first-order valence-corrected chi connectivity index (χ1v) is 10.8. The summed E-state index contributed by atoms with van der Waals surface area (Å²) in [5, 5.41) is 3.13. The fourth-order valence-electron chi connectivity index (χ4n) is 4.12. The molecule has 164 valence electrons. The van der Waals surface area contributed by atoms with Crippen molar-refractivity contribution < 1.29 is 14.0 Å². The maximum Gasteiger partial charge on any atom is 0.279 e. The van der Waals surface area contributed by atoms with Gasteiger partial charge < -0.3 is 5.32 Å². The highest BCUT2D eigenvalue weighted by Crippen LogP contribution is 2.30. The molecule has 1 atom stereocenters. The molecular weight excluding hydrogens is 407 g/mol. The van der Waals surface area contributed by atoms with Crippen LogP contribution in [0.15, 0.2) is 73.2 Å². The first kappa shape index (κ1) is 21.6. The van der Waals surface area contributed by atoms with Gasteiger partial charge in [0, 0.05) is 24.1 Å². The molecule has 7 heteroatoms. The van der Waals surface area contributed by atoms with E-state index in [0.29, 0.717) is 5.56 Å². The molecule has 1 N–H and O–H groups in total. The Morgan fingerprint density at radius 3 is 2.47 bits per heavy atom. The van der Waals surface area contributed by atoms with Crippen LogP contribution in [0.2, 0.25) is 0 Å². The van der Waals surface area contributed by atoms with Gasteiger partial charge in [-0.2, -0.15) is 0 Å². The Balaban J connectivity index is 1.78. The molecule has 1 fully saturated rings. The van der Waals surface area contributed by atoms with Crippen LogP contribution in [-0.2, 0) is 4.79 Å². The van der Waals surface area contributed by atoms with Crippen molar-refractivity contribution in [3.63, 3.8) is 0 Å². The van der Waals surface area contributed by atoms with Gasteiger partial charge in [0.25, 0.3) is 5.91 Å². The van der Waals surface area contributed by atoms with Gasteiger partial charge in [0.15, 0.2) is 0 Å². The Labute approximate surface area is 186 Å². The Morgan fingerprint density at radius 2 is 1.78 bits per heavy atom.